The minimum absolute atomic E-state index is 0.00488. The van der Waals surface area contributed by atoms with E-state index in [1.165, 1.54) is 4.31 Å². The van der Waals surface area contributed by atoms with Crippen LogP contribution in [-0.4, -0.2) is 49.5 Å². The number of hydrogen-bond acceptors (Lipinski definition) is 3. The fourth-order valence-electron chi connectivity index (χ4n) is 2.46. The SMILES string of the molecule is CS(=O)(=O)N1C[C@@H]2C[C@@H](F)[C@H](O)[C@@H]2C1. The summed E-state index contributed by atoms with van der Waals surface area (Å²) in [6.07, 6.45) is -0.718. The molecule has 1 N–H and O–H groups in total. The molecule has 0 aromatic carbocycles. The van der Waals surface area contributed by atoms with Crippen LogP contribution in [0.15, 0.2) is 0 Å². The Morgan fingerprint density at radius 1 is 1.43 bits per heavy atom. The summed E-state index contributed by atoms with van der Waals surface area (Å²) in [6.45, 7) is 0.631. The maximum Gasteiger partial charge on any atom is 0.211 e. The van der Waals surface area contributed by atoms with Gasteiger partial charge in [0.05, 0.1) is 12.4 Å². The fourth-order valence-corrected chi connectivity index (χ4v) is 3.36. The quantitative estimate of drug-likeness (QED) is 0.658. The monoisotopic (exact) mass is 223 g/mol. The Bertz CT molecular complexity index is 331. The van der Waals surface area contributed by atoms with Crippen molar-refractivity contribution in [1.82, 2.24) is 4.31 Å². The van der Waals surface area contributed by atoms with Gasteiger partial charge < -0.3 is 5.11 Å². The molecule has 2 rings (SSSR count). The van der Waals surface area contributed by atoms with Crippen molar-refractivity contribution in [2.45, 2.75) is 18.7 Å². The summed E-state index contributed by atoms with van der Waals surface area (Å²) in [7, 11) is -3.19. The van der Waals surface area contributed by atoms with E-state index in [1.807, 2.05) is 0 Å². The molecule has 1 saturated carbocycles. The second-order valence-electron chi connectivity index (χ2n) is 4.25. The van der Waals surface area contributed by atoms with Crippen LogP contribution in [0.4, 0.5) is 4.39 Å². The van der Waals surface area contributed by atoms with Crippen molar-refractivity contribution in [2.75, 3.05) is 19.3 Å². The van der Waals surface area contributed by atoms with Gasteiger partial charge in [0.15, 0.2) is 0 Å². The number of halogens is 1. The molecule has 4 nitrogen and oxygen atoms in total. The molecule has 82 valence electrons. The Labute approximate surface area is 82.8 Å². The maximum atomic E-state index is 13.0. The van der Waals surface area contributed by atoms with Crippen LogP contribution in [-0.2, 0) is 10.0 Å². The third-order valence-electron chi connectivity index (χ3n) is 3.26. The molecule has 1 aliphatic heterocycles. The Morgan fingerprint density at radius 3 is 2.57 bits per heavy atom. The first-order chi connectivity index (χ1) is 6.39. The van der Waals surface area contributed by atoms with Gasteiger partial charge >= 0.3 is 0 Å². The Balaban J connectivity index is 2.12. The van der Waals surface area contributed by atoms with E-state index in [9.17, 15) is 17.9 Å². The van der Waals surface area contributed by atoms with Crippen LogP contribution in [0.2, 0.25) is 0 Å². The molecule has 1 aliphatic carbocycles. The standard InChI is InChI=1S/C8H14FNO3S/c1-14(12,13)10-3-5-2-7(9)8(11)6(5)4-10/h5-8,11H,2-4H2,1H3/t5-,6+,7+,8+/m0/s1. The van der Waals surface area contributed by atoms with E-state index >= 15 is 0 Å². The van der Waals surface area contributed by atoms with Gasteiger partial charge in [-0.3, -0.25) is 0 Å². The molecule has 0 spiro atoms. The van der Waals surface area contributed by atoms with Gasteiger partial charge in [0.1, 0.15) is 6.17 Å². The molecule has 0 bridgehead atoms. The second-order valence-corrected chi connectivity index (χ2v) is 6.23. The largest absolute Gasteiger partial charge is 0.390 e. The average molecular weight is 223 g/mol. The lowest BCUT2D eigenvalue weighted by Gasteiger charge is -2.16. The lowest BCUT2D eigenvalue weighted by molar-refractivity contribution is 0.0680. The number of aliphatic hydroxyl groups is 1. The first-order valence-corrected chi connectivity index (χ1v) is 6.51. The van der Waals surface area contributed by atoms with Crippen LogP contribution < -0.4 is 0 Å². The number of aliphatic hydroxyl groups excluding tert-OH is 1. The summed E-state index contributed by atoms with van der Waals surface area (Å²) in [5.41, 5.74) is 0. The Morgan fingerprint density at radius 2 is 2.07 bits per heavy atom. The highest BCUT2D eigenvalue weighted by Crippen LogP contribution is 2.40. The third kappa shape index (κ3) is 1.55. The number of nitrogens with zero attached hydrogens (tertiary/aromatic N) is 1. The van der Waals surface area contributed by atoms with Gasteiger partial charge in [-0.15, -0.1) is 0 Å². The zero-order valence-corrected chi connectivity index (χ0v) is 8.74. The molecule has 0 radical (unpaired) electrons. The van der Waals surface area contributed by atoms with Gasteiger partial charge in [-0.2, -0.15) is 0 Å². The average Bonchev–Trinajstić information content (AvgIpc) is 2.54. The summed E-state index contributed by atoms with van der Waals surface area (Å²) in [5, 5.41) is 9.45. The summed E-state index contributed by atoms with van der Waals surface area (Å²) in [6, 6.07) is 0. The minimum Gasteiger partial charge on any atom is -0.390 e. The molecule has 6 heteroatoms. The zero-order chi connectivity index (χ0) is 10.5. The van der Waals surface area contributed by atoms with Gasteiger partial charge in [0, 0.05) is 19.0 Å². The van der Waals surface area contributed by atoms with Gasteiger partial charge in [0.2, 0.25) is 10.0 Å². The molecule has 4 atom stereocenters. The molecule has 0 unspecified atom stereocenters. The fraction of sp³-hybridized carbons (Fsp3) is 1.00. The van der Waals surface area contributed by atoms with Gasteiger partial charge in [-0.05, 0) is 12.3 Å². The van der Waals surface area contributed by atoms with E-state index < -0.39 is 22.3 Å². The highest BCUT2D eigenvalue weighted by atomic mass is 32.2. The van der Waals surface area contributed by atoms with E-state index in [-0.39, 0.29) is 24.8 Å². The van der Waals surface area contributed by atoms with Crippen molar-refractivity contribution < 1.29 is 17.9 Å². The lowest BCUT2D eigenvalue weighted by atomic mass is 10.00. The predicted molar refractivity (Wildman–Crippen MR) is 48.9 cm³/mol. The van der Waals surface area contributed by atoms with E-state index in [1.54, 1.807) is 0 Å². The van der Waals surface area contributed by atoms with Crippen molar-refractivity contribution >= 4 is 10.0 Å². The highest BCUT2D eigenvalue weighted by molar-refractivity contribution is 7.88. The molecule has 0 aromatic heterocycles. The van der Waals surface area contributed by atoms with Gasteiger partial charge in [0.25, 0.3) is 0 Å². The molecule has 0 aromatic rings. The van der Waals surface area contributed by atoms with Crippen LogP contribution in [0.1, 0.15) is 6.42 Å². The van der Waals surface area contributed by atoms with Crippen LogP contribution in [0.5, 0.6) is 0 Å². The van der Waals surface area contributed by atoms with Crippen LogP contribution >= 0.6 is 0 Å². The van der Waals surface area contributed by atoms with Crippen molar-refractivity contribution in [3.8, 4) is 0 Å². The van der Waals surface area contributed by atoms with E-state index in [0.29, 0.717) is 6.54 Å². The molecule has 0 amide bonds. The van der Waals surface area contributed by atoms with Crippen LogP contribution in [0.3, 0.4) is 0 Å². The van der Waals surface area contributed by atoms with Crippen molar-refractivity contribution in [3.63, 3.8) is 0 Å². The van der Waals surface area contributed by atoms with Crippen molar-refractivity contribution in [2.24, 2.45) is 11.8 Å². The predicted octanol–water partition coefficient (Wildman–Crippen LogP) is -0.403. The van der Waals surface area contributed by atoms with Crippen molar-refractivity contribution in [1.29, 1.82) is 0 Å². The topological polar surface area (TPSA) is 57.6 Å². The van der Waals surface area contributed by atoms with E-state index in [2.05, 4.69) is 0 Å². The first-order valence-electron chi connectivity index (χ1n) is 4.67. The van der Waals surface area contributed by atoms with Gasteiger partial charge in [-0.25, -0.2) is 17.1 Å². The third-order valence-corrected chi connectivity index (χ3v) is 4.50. The molecule has 1 saturated heterocycles. The maximum absolute atomic E-state index is 13.0. The molecule has 14 heavy (non-hydrogen) atoms. The molecule has 1 heterocycles. The first kappa shape index (κ1) is 10.3. The van der Waals surface area contributed by atoms with Crippen LogP contribution in [0.25, 0.3) is 0 Å². The van der Waals surface area contributed by atoms with E-state index in [4.69, 9.17) is 0 Å². The summed E-state index contributed by atoms with van der Waals surface area (Å²) in [4.78, 5) is 0. The Kier molecular flexibility index (Phi) is 2.32. The van der Waals surface area contributed by atoms with Gasteiger partial charge in [-0.1, -0.05) is 0 Å². The number of alkyl halides is 1. The van der Waals surface area contributed by atoms with Crippen molar-refractivity contribution in [3.05, 3.63) is 0 Å². The smallest absolute Gasteiger partial charge is 0.211 e. The highest BCUT2D eigenvalue weighted by Gasteiger charge is 2.49. The minimum atomic E-state index is -3.19. The number of rotatable bonds is 1. The number of sulfonamides is 1. The second kappa shape index (κ2) is 3.15. The molecule has 2 fully saturated rings. The lowest BCUT2D eigenvalue weighted by Crippen LogP contribution is -2.32. The Hall–Kier alpha value is -0.200. The molecular weight excluding hydrogens is 209 g/mol. The normalized spacial score (nSPS) is 44.2. The number of fused-ring (bicyclic) bond motifs is 1. The zero-order valence-electron chi connectivity index (χ0n) is 7.93. The van der Waals surface area contributed by atoms with E-state index in [0.717, 1.165) is 6.26 Å². The summed E-state index contributed by atoms with van der Waals surface area (Å²) in [5.74, 6) is -0.213. The molecular formula is C8H14FNO3S. The summed E-state index contributed by atoms with van der Waals surface area (Å²) >= 11 is 0. The summed E-state index contributed by atoms with van der Waals surface area (Å²) < 4.78 is 36.8. The molecule has 2 aliphatic rings. The van der Waals surface area contributed by atoms with Crippen LogP contribution in [0, 0.1) is 11.8 Å². The number of hydrogen-bond donors (Lipinski definition) is 1.